The molecule has 0 aliphatic carbocycles. The van der Waals surface area contributed by atoms with Crippen molar-refractivity contribution in [3.05, 3.63) is 102 Å². The van der Waals surface area contributed by atoms with Crippen molar-refractivity contribution in [3.63, 3.8) is 0 Å². The summed E-state index contributed by atoms with van der Waals surface area (Å²) in [4.78, 5) is 0.217. The maximum absolute atomic E-state index is 13.0. The fourth-order valence-electron chi connectivity index (χ4n) is 4.67. The van der Waals surface area contributed by atoms with E-state index < -0.39 is 46.8 Å². The van der Waals surface area contributed by atoms with E-state index in [1.807, 2.05) is 60.7 Å². The first-order valence-corrected chi connectivity index (χ1v) is 14.2. The molecule has 0 spiro atoms. The highest BCUT2D eigenvalue weighted by atomic mass is 32.2. The summed E-state index contributed by atoms with van der Waals surface area (Å²) >= 11 is 0. The van der Waals surface area contributed by atoms with Gasteiger partial charge in [-0.2, -0.15) is 0 Å². The molecular formula is C29H32O8S. The second-order valence-electron chi connectivity index (χ2n) is 9.26. The first kappa shape index (κ1) is 27.0. The molecule has 6 atom stereocenters. The zero-order valence-electron chi connectivity index (χ0n) is 21.1. The van der Waals surface area contributed by atoms with Gasteiger partial charge in [-0.25, -0.2) is 8.42 Å². The first-order chi connectivity index (χ1) is 18.5. The smallest absolute Gasteiger partial charge is 0.186 e. The van der Waals surface area contributed by atoms with Crippen LogP contribution in [0.4, 0.5) is 0 Å². The molecule has 0 amide bonds. The number of hydrogen-bond donors (Lipinski definition) is 0. The van der Waals surface area contributed by atoms with Crippen LogP contribution in [-0.4, -0.2) is 64.9 Å². The van der Waals surface area contributed by atoms with Crippen LogP contribution < -0.4 is 0 Å². The molecule has 38 heavy (non-hydrogen) atoms. The number of methoxy groups -OCH3 is 1. The van der Waals surface area contributed by atoms with Gasteiger partial charge in [0.15, 0.2) is 22.4 Å². The fraction of sp³-hybridized carbons (Fsp3) is 0.379. The molecule has 3 aromatic carbocycles. The number of hydrogen-bond acceptors (Lipinski definition) is 8. The molecule has 5 rings (SSSR count). The average molecular weight is 541 g/mol. The zero-order chi connectivity index (χ0) is 26.4. The van der Waals surface area contributed by atoms with E-state index >= 15 is 0 Å². The Hall–Kier alpha value is -2.63. The summed E-state index contributed by atoms with van der Waals surface area (Å²) in [6, 6.07) is 27.9. The summed E-state index contributed by atoms with van der Waals surface area (Å²) in [5.74, 6) is -0.325. The predicted molar refractivity (Wildman–Crippen MR) is 139 cm³/mol. The summed E-state index contributed by atoms with van der Waals surface area (Å²) in [5.41, 5.74) is 1.98. The molecule has 2 aliphatic heterocycles. The van der Waals surface area contributed by atoms with Crippen molar-refractivity contribution in [1.82, 2.24) is 0 Å². The monoisotopic (exact) mass is 540 g/mol. The quantitative estimate of drug-likeness (QED) is 0.384. The number of benzene rings is 3. The van der Waals surface area contributed by atoms with E-state index in [9.17, 15) is 8.42 Å². The maximum Gasteiger partial charge on any atom is 0.186 e. The topological polar surface area (TPSA) is 89.5 Å². The normalized spacial score (nSPS) is 27.5. The lowest BCUT2D eigenvalue weighted by atomic mass is 9.97. The van der Waals surface area contributed by atoms with Gasteiger partial charge in [-0.15, -0.1) is 0 Å². The average Bonchev–Trinajstić information content (AvgIpc) is 2.96. The van der Waals surface area contributed by atoms with Gasteiger partial charge in [-0.05, 0) is 23.3 Å². The van der Waals surface area contributed by atoms with Crippen molar-refractivity contribution in [1.29, 1.82) is 0 Å². The standard InChI is InChI=1S/C29H32O8S/c1-32-29-28(35-18-22-13-7-3-8-14-22)27(34-17-21-11-5-2-6-12-21)26-24(36-29)19-33-25(37-26)20-38(30,31)23-15-9-4-10-16-23/h2-16,24-29H,17-20H2,1H3/t24-,25-,26-,27+,28-,29+/m1/s1. The van der Waals surface area contributed by atoms with E-state index in [1.54, 1.807) is 37.4 Å². The van der Waals surface area contributed by atoms with Crippen LogP contribution >= 0.6 is 0 Å². The predicted octanol–water partition coefficient (Wildman–Crippen LogP) is 3.74. The molecule has 0 radical (unpaired) electrons. The fourth-order valence-corrected chi connectivity index (χ4v) is 5.97. The van der Waals surface area contributed by atoms with Crippen LogP contribution in [0.2, 0.25) is 0 Å². The molecule has 2 saturated heterocycles. The Morgan fingerprint density at radius 2 is 1.32 bits per heavy atom. The van der Waals surface area contributed by atoms with Crippen LogP contribution in [0.1, 0.15) is 11.1 Å². The lowest BCUT2D eigenvalue weighted by molar-refractivity contribution is -0.363. The summed E-state index contributed by atoms with van der Waals surface area (Å²) < 4.78 is 62.6. The van der Waals surface area contributed by atoms with Crippen LogP contribution in [0.15, 0.2) is 95.9 Å². The molecule has 0 unspecified atom stereocenters. The minimum absolute atomic E-state index is 0.135. The lowest BCUT2D eigenvalue weighted by Crippen LogP contribution is -2.64. The molecule has 2 aliphatic rings. The summed E-state index contributed by atoms with van der Waals surface area (Å²) in [6.07, 6.45) is -4.09. The summed E-state index contributed by atoms with van der Waals surface area (Å²) in [5, 5.41) is 0. The molecule has 2 fully saturated rings. The molecular weight excluding hydrogens is 508 g/mol. The highest BCUT2D eigenvalue weighted by molar-refractivity contribution is 7.91. The van der Waals surface area contributed by atoms with E-state index in [4.69, 9.17) is 28.4 Å². The van der Waals surface area contributed by atoms with Crippen molar-refractivity contribution in [2.75, 3.05) is 19.5 Å². The number of ether oxygens (including phenoxy) is 6. The van der Waals surface area contributed by atoms with Crippen molar-refractivity contribution in [3.8, 4) is 0 Å². The molecule has 0 bridgehead atoms. The van der Waals surface area contributed by atoms with Gasteiger partial charge in [0.05, 0.1) is 24.7 Å². The van der Waals surface area contributed by atoms with Gasteiger partial charge in [0.1, 0.15) is 30.2 Å². The highest BCUT2D eigenvalue weighted by Crippen LogP contribution is 2.34. The van der Waals surface area contributed by atoms with Gasteiger partial charge in [0.25, 0.3) is 0 Å². The van der Waals surface area contributed by atoms with Gasteiger partial charge in [0.2, 0.25) is 0 Å². The Labute approximate surface area is 223 Å². The largest absolute Gasteiger partial charge is 0.368 e. The van der Waals surface area contributed by atoms with Crippen LogP contribution in [0.5, 0.6) is 0 Å². The van der Waals surface area contributed by atoms with E-state index in [0.29, 0.717) is 13.2 Å². The number of fused-ring (bicyclic) bond motifs is 1. The third-order valence-corrected chi connectivity index (χ3v) is 8.31. The van der Waals surface area contributed by atoms with E-state index in [0.717, 1.165) is 11.1 Å². The Kier molecular flexibility index (Phi) is 8.86. The Bertz CT molecular complexity index is 1240. The van der Waals surface area contributed by atoms with Gasteiger partial charge in [0, 0.05) is 7.11 Å². The number of sulfone groups is 1. The van der Waals surface area contributed by atoms with E-state index in [2.05, 4.69) is 0 Å². The summed E-state index contributed by atoms with van der Waals surface area (Å²) in [7, 11) is -2.08. The molecule has 202 valence electrons. The van der Waals surface area contributed by atoms with Gasteiger partial charge < -0.3 is 28.4 Å². The maximum atomic E-state index is 13.0. The van der Waals surface area contributed by atoms with Crippen LogP contribution in [-0.2, 0) is 51.5 Å². The molecule has 0 aromatic heterocycles. The number of rotatable bonds is 10. The Balaban J connectivity index is 1.36. The van der Waals surface area contributed by atoms with E-state index in [-0.39, 0.29) is 17.3 Å². The van der Waals surface area contributed by atoms with Crippen molar-refractivity contribution >= 4 is 9.84 Å². The van der Waals surface area contributed by atoms with Crippen LogP contribution in [0.25, 0.3) is 0 Å². The third kappa shape index (κ3) is 6.50. The Morgan fingerprint density at radius 1 is 0.763 bits per heavy atom. The Morgan fingerprint density at radius 3 is 1.89 bits per heavy atom. The molecule has 0 N–H and O–H groups in total. The van der Waals surface area contributed by atoms with Crippen molar-refractivity contribution in [2.24, 2.45) is 0 Å². The molecule has 9 heteroatoms. The third-order valence-electron chi connectivity index (χ3n) is 6.61. The van der Waals surface area contributed by atoms with Crippen molar-refractivity contribution in [2.45, 2.75) is 55.1 Å². The molecule has 3 aromatic rings. The van der Waals surface area contributed by atoms with Gasteiger partial charge >= 0.3 is 0 Å². The molecule has 0 saturated carbocycles. The SMILES string of the molecule is CO[C@H]1O[C@@H]2CO[C@@H](CS(=O)(=O)c3ccccc3)O[C@H]2[C@H](OCc2ccccc2)[C@H]1OCc1ccccc1. The first-order valence-electron chi connectivity index (χ1n) is 12.6. The van der Waals surface area contributed by atoms with Gasteiger partial charge in [-0.1, -0.05) is 78.9 Å². The van der Waals surface area contributed by atoms with E-state index in [1.165, 1.54) is 0 Å². The van der Waals surface area contributed by atoms with Crippen molar-refractivity contribution < 1.29 is 36.8 Å². The molecule has 8 nitrogen and oxygen atoms in total. The minimum Gasteiger partial charge on any atom is -0.368 e. The summed E-state index contributed by atoms with van der Waals surface area (Å²) in [6.45, 7) is 0.767. The van der Waals surface area contributed by atoms with Crippen LogP contribution in [0.3, 0.4) is 0 Å². The second-order valence-corrected chi connectivity index (χ2v) is 11.3. The lowest BCUT2D eigenvalue weighted by Gasteiger charge is -2.48. The second kappa shape index (κ2) is 12.5. The minimum atomic E-state index is -3.63. The van der Waals surface area contributed by atoms with Crippen LogP contribution in [0, 0.1) is 0 Å². The zero-order valence-corrected chi connectivity index (χ0v) is 21.9. The highest BCUT2D eigenvalue weighted by Gasteiger charge is 2.51. The molecule has 2 heterocycles. The van der Waals surface area contributed by atoms with Gasteiger partial charge in [-0.3, -0.25) is 0 Å².